The summed E-state index contributed by atoms with van der Waals surface area (Å²) in [5.41, 5.74) is 4.36. The van der Waals surface area contributed by atoms with Gasteiger partial charge >= 0.3 is 5.97 Å². The third-order valence-electron chi connectivity index (χ3n) is 5.22. The average molecular weight is 402 g/mol. The minimum Gasteiger partial charge on any atom is -0.478 e. The molecule has 2 heterocycles. The third-order valence-corrected chi connectivity index (χ3v) is 5.22. The summed E-state index contributed by atoms with van der Waals surface area (Å²) in [6.45, 7) is 0. The van der Waals surface area contributed by atoms with Crippen molar-refractivity contribution in [1.29, 1.82) is 0 Å². The summed E-state index contributed by atoms with van der Waals surface area (Å²) in [6.07, 6.45) is 0.210. The van der Waals surface area contributed by atoms with E-state index in [1.165, 1.54) is 29.1 Å². The SMILES string of the molecule is O=C1C[C@@H](c2ccc(C(=O)O)cc2)c2c(ccc3nn(-c4ccc(F)cc4)nc23)N1. The monoisotopic (exact) mass is 402 g/mol. The molecule has 7 nitrogen and oxygen atoms in total. The first-order valence-corrected chi connectivity index (χ1v) is 9.28. The second kappa shape index (κ2) is 6.77. The fourth-order valence-corrected chi connectivity index (χ4v) is 3.78. The van der Waals surface area contributed by atoms with E-state index in [9.17, 15) is 14.0 Å². The number of hydrogen-bond donors (Lipinski definition) is 2. The lowest BCUT2D eigenvalue weighted by atomic mass is 9.84. The van der Waals surface area contributed by atoms with Crippen molar-refractivity contribution in [3.8, 4) is 5.69 Å². The summed E-state index contributed by atoms with van der Waals surface area (Å²) in [5.74, 6) is -1.77. The highest BCUT2D eigenvalue weighted by molar-refractivity contribution is 6.00. The van der Waals surface area contributed by atoms with Crippen LogP contribution in [0.5, 0.6) is 0 Å². The number of aromatic carboxylic acids is 1. The highest BCUT2D eigenvalue weighted by atomic mass is 19.1. The van der Waals surface area contributed by atoms with E-state index in [4.69, 9.17) is 5.11 Å². The van der Waals surface area contributed by atoms with Gasteiger partial charge in [-0.15, -0.1) is 10.2 Å². The highest BCUT2D eigenvalue weighted by Gasteiger charge is 2.30. The highest BCUT2D eigenvalue weighted by Crippen LogP contribution is 2.40. The predicted octanol–water partition coefficient (Wildman–Crippen LogP) is 3.73. The smallest absolute Gasteiger partial charge is 0.335 e. The summed E-state index contributed by atoms with van der Waals surface area (Å²) in [4.78, 5) is 24.9. The predicted molar refractivity (Wildman–Crippen MR) is 107 cm³/mol. The van der Waals surface area contributed by atoms with Gasteiger partial charge in [0.2, 0.25) is 5.91 Å². The molecule has 8 heteroatoms. The lowest BCUT2D eigenvalue weighted by Gasteiger charge is -2.26. The number of carbonyl (C=O) groups excluding carboxylic acids is 1. The Morgan fingerprint density at radius 1 is 1.03 bits per heavy atom. The van der Waals surface area contributed by atoms with Crippen LogP contribution >= 0.6 is 0 Å². The number of hydrogen-bond acceptors (Lipinski definition) is 4. The normalized spacial score (nSPS) is 15.6. The molecular weight excluding hydrogens is 387 g/mol. The van der Waals surface area contributed by atoms with E-state index in [0.29, 0.717) is 22.4 Å². The zero-order valence-electron chi connectivity index (χ0n) is 15.5. The fourth-order valence-electron chi connectivity index (χ4n) is 3.78. The van der Waals surface area contributed by atoms with Gasteiger partial charge in [0, 0.05) is 23.6 Å². The number of rotatable bonds is 3. The van der Waals surface area contributed by atoms with Gasteiger partial charge in [-0.2, -0.15) is 4.80 Å². The molecule has 148 valence electrons. The van der Waals surface area contributed by atoms with Crippen LogP contribution in [0.4, 0.5) is 10.1 Å². The molecule has 1 aliphatic rings. The molecule has 0 bridgehead atoms. The van der Waals surface area contributed by atoms with Crippen LogP contribution in [-0.4, -0.2) is 32.0 Å². The summed E-state index contributed by atoms with van der Waals surface area (Å²) >= 11 is 0. The first-order valence-electron chi connectivity index (χ1n) is 9.28. The van der Waals surface area contributed by atoms with E-state index in [2.05, 4.69) is 15.5 Å². The molecule has 30 heavy (non-hydrogen) atoms. The number of anilines is 1. The van der Waals surface area contributed by atoms with E-state index in [-0.39, 0.29) is 29.6 Å². The average Bonchev–Trinajstić information content (AvgIpc) is 3.18. The first-order chi connectivity index (χ1) is 14.5. The largest absolute Gasteiger partial charge is 0.478 e. The Morgan fingerprint density at radius 3 is 2.47 bits per heavy atom. The maximum absolute atomic E-state index is 13.3. The van der Waals surface area contributed by atoms with Gasteiger partial charge in [-0.25, -0.2) is 9.18 Å². The van der Waals surface area contributed by atoms with E-state index < -0.39 is 5.97 Å². The summed E-state index contributed by atoms with van der Waals surface area (Å²) in [7, 11) is 0. The minimum atomic E-state index is -1.01. The number of fused-ring (bicyclic) bond motifs is 3. The molecule has 1 aromatic heterocycles. The topological polar surface area (TPSA) is 97.1 Å². The maximum Gasteiger partial charge on any atom is 0.335 e. The molecule has 4 aromatic rings. The van der Waals surface area contributed by atoms with Gasteiger partial charge in [0.05, 0.1) is 11.3 Å². The van der Waals surface area contributed by atoms with E-state index >= 15 is 0 Å². The van der Waals surface area contributed by atoms with Crippen molar-refractivity contribution in [2.45, 2.75) is 12.3 Å². The molecule has 0 saturated heterocycles. The number of aromatic nitrogens is 3. The molecule has 0 unspecified atom stereocenters. The Hall–Kier alpha value is -4.07. The number of carboxylic acids is 1. The Kier molecular flexibility index (Phi) is 4.06. The van der Waals surface area contributed by atoms with Crippen molar-refractivity contribution in [3.63, 3.8) is 0 Å². The first kappa shape index (κ1) is 18.0. The Labute approximate surface area is 169 Å². The quantitative estimate of drug-likeness (QED) is 0.544. The number of carboxylic acid groups (broad SMARTS) is 1. The zero-order chi connectivity index (χ0) is 20.8. The molecule has 2 N–H and O–H groups in total. The number of halogens is 1. The molecule has 3 aromatic carbocycles. The summed E-state index contributed by atoms with van der Waals surface area (Å²) < 4.78 is 13.3. The van der Waals surface area contributed by atoms with Crippen molar-refractivity contribution in [2.24, 2.45) is 0 Å². The van der Waals surface area contributed by atoms with Gasteiger partial charge in [-0.1, -0.05) is 12.1 Å². The molecule has 1 amide bonds. The van der Waals surface area contributed by atoms with Gasteiger partial charge in [0.1, 0.15) is 16.9 Å². The molecule has 0 spiro atoms. The van der Waals surface area contributed by atoms with Crippen LogP contribution in [0.3, 0.4) is 0 Å². The van der Waals surface area contributed by atoms with Crippen molar-refractivity contribution >= 4 is 28.6 Å². The van der Waals surface area contributed by atoms with Crippen molar-refractivity contribution in [1.82, 2.24) is 15.0 Å². The standard InChI is InChI=1S/C22H15FN4O3/c23-14-5-7-15(8-6-14)27-25-18-10-9-17-20(21(18)26-27)16(11-19(28)24-17)12-1-3-13(4-2-12)22(29)30/h1-10,16H,11H2,(H,24,28)(H,29,30)/t16-/m0/s1. The second-order valence-electron chi connectivity index (χ2n) is 7.09. The Balaban J connectivity index is 1.66. The van der Waals surface area contributed by atoms with E-state index in [1.54, 1.807) is 36.4 Å². The van der Waals surface area contributed by atoms with Gasteiger partial charge in [0.15, 0.2) is 0 Å². The molecule has 0 saturated carbocycles. The summed E-state index contributed by atoms with van der Waals surface area (Å²) in [6, 6.07) is 15.9. The van der Waals surface area contributed by atoms with Crippen LogP contribution in [0, 0.1) is 5.82 Å². The molecule has 0 radical (unpaired) electrons. The number of amides is 1. The van der Waals surface area contributed by atoms with E-state index in [1.807, 2.05) is 0 Å². The number of nitrogens with one attached hydrogen (secondary N) is 1. The lowest BCUT2D eigenvalue weighted by molar-refractivity contribution is -0.116. The molecule has 5 rings (SSSR count). The van der Waals surface area contributed by atoms with Crippen LogP contribution in [-0.2, 0) is 4.79 Å². The summed E-state index contributed by atoms with van der Waals surface area (Å²) in [5, 5.41) is 21.1. The van der Waals surface area contributed by atoms with Crippen molar-refractivity contribution in [2.75, 3.05) is 5.32 Å². The maximum atomic E-state index is 13.3. The van der Waals surface area contributed by atoms with Crippen molar-refractivity contribution in [3.05, 3.63) is 83.2 Å². The van der Waals surface area contributed by atoms with Crippen LogP contribution < -0.4 is 5.32 Å². The molecular formula is C22H15FN4O3. The second-order valence-corrected chi connectivity index (χ2v) is 7.09. The van der Waals surface area contributed by atoms with Gasteiger partial charge < -0.3 is 10.4 Å². The molecule has 0 fully saturated rings. The third kappa shape index (κ3) is 2.98. The number of benzene rings is 3. The molecule has 1 aliphatic heterocycles. The Morgan fingerprint density at radius 2 is 1.77 bits per heavy atom. The Bertz CT molecular complexity index is 1300. The van der Waals surface area contributed by atoms with Crippen LogP contribution in [0.2, 0.25) is 0 Å². The number of nitrogens with zero attached hydrogens (tertiary/aromatic N) is 3. The van der Waals surface area contributed by atoms with Crippen LogP contribution in [0.25, 0.3) is 16.7 Å². The van der Waals surface area contributed by atoms with Crippen LogP contribution in [0.15, 0.2) is 60.7 Å². The molecule has 0 aliphatic carbocycles. The van der Waals surface area contributed by atoms with Crippen LogP contribution in [0.1, 0.15) is 33.8 Å². The number of carbonyl (C=O) groups is 2. The van der Waals surface area contributed by atoms with E-state index in [0.717, 1.165) is 11.1 Å². The minimum absolute atomic E-state index is 0.125. The zero-order valence-corrected chi connectivity index (χ0v) is 15.5. The van der Waals surface area contributed by atoms with Gasteiger partial charge in [-0.3, -0.25) is 4.79 Å². The lowest BCUT2D eigenvalue weighted by Crippen LogP contribution is -2.23. The van der Waals surface area contributed by atoms with Gasteiger partial charge in [-0.05, 0) is 54.1 Å². The molecule has 1 atom stereocenters. The fraction of sp³-hybridized carbons (Fsp3) is 0.0909. The van der Waals surface area contributed by atoms with Crippen molar-refractivity contribution < 1.29 is 19.1 Å². The van der Waals surface area contributed by atoms with Gasteiger partial charge in [0.25, 0.3) is 0 Å².